The zero-order chi connectivity index (χ0) is 23.8. The molecule has 34 heavy (non-hydrogen) atoms. The minimum absolute atomic E-state index is 0.112. The minimum Gasteiger partial charge on any atom is -0.351 e. The van der Waals surface area contributed by atoms with Crippen molar-refractivity contribution in [2.24, 2.45) is 0 Å². The number of benzene rings is 1. The smallest absolute Gasteiger partial charge is 0.280 e. The second kappa shape index (κ2) is 9.68. The SMILES string of the molecule is CN(C)C1CCc2sc(C(=O)N[C@@H]3CCCC[C@@H]3NC(=O)c3cc4cc(Cl)ccc4[nH]3)nc2C1. The molecular weight excluding hydrogens is 470 g/mol. The quantitative estimate of drug-likeness (QED) is 0.491. The summed E-state index contributed by atoms with van der Waals surface area (Å²) in [6.07, 6.45) is 6.69. The van der Waals surface area contributed by atoms with Gasteiger partial charge in [0.25, 0.3) is 11.8 Å². The topological polar surface area (TPSA) is 90.1 Å². The average molecular weight is 500 g/mol. The van der Waals surface area contributed by atoms with Crippen LogP contribution in [0.2, 0.25) is 5.02 Å². The predicted molar refractivity (Wildman–Crippen MR) is 136 cm³/mol. The first kappa shape index (κ1) is 23.3. The van der Waals surface area contributed by atoms with Crippen LogP contribution in [-0.4, -0.2) is 58.9 Å². The van der Waals surface area contributed by atoms with Crippen LogP contribution in [0.5, 0.6) is 0 Å². The van der Waals surface area contributed by atoms with Gasteiger partial charge in [0.2, 0.25) is 0 Å². The molecule has 180 valence electrons. The maximum Gasteiger partial charge on any atom is 0.280 e. The van der Waals surface area contributed by atoms with Crippen LogP contribution in [-0.2, 0) is 12.8 Å². The Morgan fingerprint density at radius 3 is 2.56 bits per heavy atom. The number of carbonyl (C=O) groups is 2. The highest BCUT2D eigenvalue weighted by Gasteiger charge is 2.31. The second-order valence-corrected chi connectivity index (χ2v) is 11.1. The van der Waals surface area contributed by atoms with Crippen LogP contribution in [0, 0.1) is 0 Å². The largest absolute Gasteiger partial charge is 0.351 e. The monoisotopic (exact) mass is 499 g/mol. The third-order valence-electron chi connectivity index (χ3n) is 7.06. The fourth-order valence-electron chi connectivity index (χ4n) is 5.08. The molecular formula is C25H30ClN5O2S. The first-order valence-corrected chi connectivity index (χ1v) is 13.1. The van der Waals surface area contributed by atoms with E-state index in [0.29, 0.717) is 21.8 Å². The van der Waals surface area contributed by atoms with Crippen molar-refractivity contribution >= 4 is 45.7 Å². The minimum atomic E-state index is -0.169. The Morgan fingerprint density at radius 2 is 1.82 bits per heavy atom. The molecule has 0 bridgehead atoms. The predicted octanol–water partition coefficient (Wildman–Crippen LogP) is 4.17. The molecule has 0 saturated heterocycles. The summed E-state index contributed by atoms with van der Waals surface area (Å²) in [5.74, 6) is -0.301. The highest BCUT2D eigenvalue weighted by molar-refractivity contribution is 7.13. The lowest BCUT2D eigenvalue weighted by molar-refractivity contribution is 0.0860. The number of aryl methyl sites for hydroxylation is 1. The van der Waals surface area contributed by atoms with Crippen molar-refractivity contribution in [3.8, 4) is 0 Å². The molecule has 2 aromatic heterocycles. The number of nitrogens with one attached hydrogen (secondary N) is 3. The first-order valence-electron chi connectivity index (χ1n) is 11.9. The lowest BCUT2D eigenvalue weighted by Crippen LogP contribution is -2.53. The molecule has 3 atom stereocenters. The third kappa shape index (κ3) is 4.85. The number of hydrogen-bond donors (Lipinski definition) is 3. The van der Waals surface area contributed by atoms with Gasteiger partial charge in [0, 0.05) is 45.3 Å². The van der Waals surface area contributed by atoms with E-state index in [1.54, 1.807) is 6.07 Å². The van der Waals surface area contributed by atoms with Crippen molar-refractivity contribution in [1.29, 1.82) is 0 Å². The van der Waals surface area contributed by atoms with Gasteiger partial charge >= 0.3 is 0 Å². The van der Waals surface area contributed by atoms with E-state index in [-0.39, 0.29) is 23.9 Å². The Morgan fingerprint density at radius 1 is 1.09 bits per heavy atom. The van der Waals surface area contributed by atoms with Gasteiger partial charge in [0.1, 0.15) is 5.69 Å². The number of amides is 2. The van der Waals surface area contributed by atoms with Crippen LogP contribution in [0.25, 0.3) is 10.9 Å². The first-order chi connectivity index (χ1) is 16.4. The molecule has 1 fully saturated rings. The molecule has 7 nitrogen and oxygen atoms in total. The number of halogens is 1. The zero-order valence-electron chi connectivity index (χ0n) is 19.5. The molecule has 0 spiro atoms. The van der Waals surface area contributed by atoms with Crippen molar-refractivity contribution in [1.82, 2.24) is 25.5 Å². The van der Waals surface area contributed by atoms with Crippen molar-refractivity contribution in [2.45, 2.75) is 63.1 Å². The number of aromatic nitrogens is 2. The van der Waals surface area contributed by atoms with Gasteiger partial charge in [-0.25, -0.2) is 4.98 Å². The Bertz CT molecular complexity index is 1220. The molecule has 1 aromatic carbocycles. The van der Waals surface area contributed by atoms with Crippen LogP contribution in [0.15, 0.2) is 24.3 Å². The molecule has 3 N–H and O–H groups in total. The van der Waals surface area contributed by atoms with Gasteiger partial charge in [-0.15, -0.1) is 11.3 Å². The number of fused-ring (bicyclic) bond motifs is 2. The van der Waals surface area contributed by atoms with Crippen molar-refractivity contribution < 1.29 is 9.59 Å². The summed E-state index contributed by atoms with van der Waals surface area (Å²) < 4.78 is 0. The average Bonchev–Trinajstić information content (AvgIpc) is 3.43. The lowest BCUT2D eigenvalue weighted by atomic mass is 9.90. The Hall–Kier alpha value is -2.42. The fourth-order valence-corrected chi connectivity index (χ4v) is 6.27. The Balaban J connectivity index is 1.26. The van der Waals surface area contributed by atoms with Crippen molar-refractivity contribution in [3.05, 3.63) is 50.6 Å². The number of nitrogens with zero attached hydrogens (tertiary/aromatic N) is 2. The zero-order valence-corrected chi connectivity index (χ0v) is 21.1. The highest BCUT2D eigenvalue weighted by Crippen LogP contribution is 2.29. The van der Waals surface area contributed by atoms with Crippen LogP contribution in [0.4, 0.5) is 0 Å². The van der Waals surface area contributed by atoms with Gasteiger partial charge in [-0.1, -0.05) is 24.4 Å². The molecule has 2 aliphatic carbocycles. The summed E-state index contributed by atoms with van der Waals surface area (Å²) in [7, 11) is 4.19. The summed E-state index contributed by atoms with van der Waals surface area (Å²) in [5.41, 5.74) is 2.43. The van der Waals surface area contributed by atoms with Crippen LogP contribution in [0.1, 0.15) is 63.0 Å². The van der Waals surface area contributed by atoms with E-state index in [4.69, 9.17) is 16.6 Å². The standard InChI is InChI=1S/C25H30ClN5O2S/c1-31(2)16-8-10-22-20(13-16)30-25(34-22)24(33)29-19-6-4-3-5-18(19)28-23(32)21-12-14-11-15(26)7-9-17(14)27-21/h7,9,11-12,16,18-19,27H,3-6,8,10,13H2,1-2H3,(H,28,32)(H,29,33)/t16?,18-,19+/m0/s1. The van der Waals surface area contributed by atoms with E-state index in [0.717, 1.165) is 61.5 Å². The number of hydrogen-bond acceptors (Lipinski definition) is 5. The summed E-state index contributed by atoms with van der Waals surface area (Å²) in [5, 5.41) is 8.39. The van der Waals surface area contributed by atoms with E-state index in [1.807, 2.05) is 18.2 Å². The van der Waals surface area contributed by atoms with E-state index in [9.17, 15) is 9.59 Å². The highest BCUT2D eigenvalue weighted by atomic mass is 35.5. The number of H-pyrrole nitrogens is 1. The van der Waals surface area contributed by atoms with E-state index >= 15 is 0 Å². The van der Waals surface area contributed by atoms with Crippen molar-refractivity contribution in [2.75, 3.05) is 14.1 Å². The molecule has 9 heteroatoms. The molecule has 2 amide bonds. The second-order valence-electron chi connectivity index (χ2n) is 9.61. The van der Waals surface area contributed by atoms with Gasteiger partial charge in [-0.05, 0) is 64.0 Å². The van der Waals surface area contributed by atoms with Crippen molar-refractivity contribution in [3.63, 3.8) is 0 Å². The molecule has 3 aromatic rings. The molecule has 5 rings (SSSR count). The van der Waals surface area contributed by atoms with Gasteiger partial charge in [0.15, 0.2) is 5.01 Å². The third-order valence-corrected chi connectivity index (χ3v) is 8.45. The van der Waals surface area contributed by atoms with Gasteiger partial charge < -0.3 is 20.5 Å². The molecule has 2 aliphatic rings. The van der Waals surface area contributed by atoms with E-state index in [1.165, 1.54) is 16.2 Å². The molecule has 1 saturated carbocycles. The number of carbonyl (C=O) groups excluding carboxylic acids is 2. The maximum absolute atomic E-state index is 13.1. The summed E-state index contributed by atoms with van der Waals surface area (Å²) in [6.45, 7) is 0. The number of thiazole rings is 1. The summed E-state index contributed by atoms with van der Waals surface area (Å²) in [4.78, 5) is 37.4. The normalized spacial score (nSPS) is 22.5. The molecule has 1 unspecified atom stereocenters. The number of likely N-dealkylation sites (N-methyl/N-ethyl adjacent to an activating group) is 1. The van der Waals surface area contributed by atoms with E-state index in [2.05, 4.69) is 34.6 Å². The number of rotatable bonds is 5. The van der Waals surface area contributed by atoms with Crippen LogP contribution < -0.4 is 10.6 Å². The lowest BCUT2D eigenvalue weighted by Gasteiger charge is -2.32. The van der Waals surface area contributed by atoms with Gasteiger partial charge in [0.05, 0.1) is 5.69 Å². The molecule has 0 aliphatic heterocycles. The van der Waals surface area contributed by atoms with Crippen LogP contribution in [0.3, 0.4) is 0 Å². The molecule has 2 heterocycles. The fraction of sp³-hybridized carbons (Fsp3) is 0.480. The maximum atomic E-state index is 13.1. The molecule has 0 radical (unpaired) electrons. The summed E-state index contributed by atoms with van der Waals surface area (Å²) >= 11 is 7.59. The van der Waals surface area contributed by atoms with Gasteiger partial charge in [-0.2, -0.15) is 0 Å². The van der Waals surface area contributed by atoms with Crippen LogP contribution >= 0.6 is 22.9 Å². The summed E-state index contributed by atoms with van der Waals surface area (Å²) in [6, 6.07) is 7.56. The Labute approximate surface area is 208 Å². The van der Waals surface area contributed by atoms with Gasteiger partial charge in [-0.3, -0.25) is 9.59 Å². The Kier molecular flexibility index (Phi) is 6.64. The number of aromatic amines is 1. The van der Waals surface area contributed by atoms with E-state index < -0.39 is 0 Å².